The molecular formula is C33H51N3O4. The highest BCUT2D eigenvalue weighted by Crippen LogP contribution is 2.17. The van der Waals surface area contributed by atoms with E-state index in [0.717, 1.165) is 45.2 Å². The second-order valence-corrected chi connectivity index (χ2v) is 12.5. The predicted octanol–water partition coefficient (Wildman–Crippen LogP) is 6.66. The molecule has 222 valence electrons. The molecule has 0 bridgehead atoms. The van der Waals surface area contributed by atoms with Crippen LogP contribution < -0.4 is 16.0 Å². The lowest BCUT2D eigenvalue weighted by atomic mass is 9.93. The third kappa shape index (κ3) is 16.1. The van der Waals surface area contributed by atoms with Crippen molar-refractivity contribution in [1.82, 2.24) is 16.0 Å². The van der Waals surface area contributed by atoms with Crippen LogP contribution in [-0.2, 0) is 22.3 Å². The third-order valence-electron chi connectivity index (χ3n) is 6.35. The summed E-state index contributed by atoms with van der Waals surface area (Å²) in [4.78, 5) is 24.5. The molecule has 2 rings (SSSR count). The summed E-state index contributed by atoms with van der Waals surface area (Å²) >= 11 is 0. The molecule has 2 aromatic rings. The average Bonchev–Trinajstić information content (AvgIpc) is 2.86. The van der Waals surface area contributed by atoms with Crippen molar-refractivity contribution in [3.8, 4) is 0 Å². The molecule has 0 aliphatic heterocycles. The molecule has 0 unspecified atom stereocenters. The Labute approximate surface area is 241 Å². The maximum atomic E-state index is 12.5. The molecule has 1 atom stereocenters. The van der Waals surface area contributed by atoms with Crippen molar-refractivity contribution in [3.05, 3.63) is 71.8 Å². The fraction of sp³-hybridized carbons (Fsp3) is 0.576. The predicted molar refractivity (Wildman–Crippen MR) is 163 cm³/mol. The molecule has 0 fully saturated rings. The van der Waals surface area contributed by atoms with Gasteiger partial charge in [0.2, 0.25) is 0 Å². The zero-order valence-electron chi connectivity index (χ0n) is 25.4. The fourth-order valence-corrected chi connectivity index (χ4v) is 4.39. The van der Waals surface area contributed by atoms with Crippen molar-refractivity contribution in [2.45, 2.75) is 97.3 Å². The Balaban J connectivity index is 1.89. The summed E-state index contributed by atoms with van der Waals surface area (Å²) in [5.74, 6) is 0.534. The van der Waals surface area contributed by atoms with Gasteiger partial charge in [0.1, 0.15) is 11.2 Å². The number of alkyl carbamates (subject to hydrolysis) is 2. The second-order valence-electron chi connectivity index (χ2n) is 12.5. The summed E-state index contributed by atoms with van der Waals surface area (Å²) in [7, 11) is 0. The maximum Gasteiger partial charge on any atom is 0.407 e. The van der Waals surface area contributed by atoms with E-state index < -0.39 is 23.4 Å². The smallest absolute Gasteiger partial charge is 0.407 e. The molecule has 40 heavy (non-hydrogen) atoms. The first-order chi connectivity index (χ1) is 18.9. The number of nitrogens with one attached hydrogen (secondary N) is 3. The van der Waals surface area contributed by atoms with Crippen LogP contribution in [0.4, 0.5) is 9.59 Å². The zero-order valence-corrected chi connectivity index (χ0v) is 25.4. The Bertz CT molecular complexity index is 941. The monoisotopic (exact) mass is 553 g/mol. The number of hydrogen-bond acceptors (Lipinski definition) is 5. The Hall–Kier alpha value is -3.06. The fourth-order valence-electron chi connectivity index (χ4n) is 4.39. The van der Waals surface area contributed by atoms with E-state index >= 15 is 0 Å². The molecule has 0 aromatic heterocycles. The van der Waals surface area contributed by atoms with Crippen LogP contribution in [0.25, 0.3) is 0 Å². The van der Waals surface area contributed by atoms with Gasteiger partial charge in [-0.1, -0.05) is 60.7 Å². The van der Waals surface area contributed by atoms with E-state index in [-0.39, 0.29) is 6.04 Å². The van der Waals surface area contributed by atoms with Crippen molar-refractivity contribution < 1.29 is 19.1 Å². The number of benzene rings is 2. The van der Waals surface area contributed by atoms with Gasteiger partial charge < -0.3 is 25.4 Å². The minimum absolute atomic E-state index is 0.149. The molecule has 0 aliphatic rings. The van der Waals surface area contributed by atoms with Gasteiger partial charge in [0.15, 0.2) is 0 Å². The molecule has 3 N–H and O–H groups in total. The van der Waals surface area contributed by atoms with Crippen LogP contribution >= 0.6 is 0 Å². The lowest BCUT2D eigenvalue weighted by Gasteiger charge is -2.25. The van der Waals surface area contributed by atoms with E-state index in [2.05, 4.69) is 76.6 Å². The molecule has 0 aliphatic carbocycles. The van der Waals surface area contributed by atoms with Crippen LogP contribution in [-0.4, -0.2) is 49.1 Å². The number of ether oxygens (including phenoxy) is 2. The lowest BCUT2D eigenvalue weighted by Crippen LogP contribution is -2.43. The summed E-state index contributed by atoms with van der Waals surface area (Å²) in [6, 6.07) is 21.1. The van der Waals surface area contributed by atoms with Crippen molar-refractivity contribution >= 4 is 12.2 Å². The Morgan fingerprint density at radius 1 is 0.675 bits per heavy atom. The largest absolute Gasteiger partial charge is 0.444 e. The van der Waals surface area contributed by atoms with E-state index in [1.807, 2.05) is 41.5 Å². The van der Waals surface area contributed by atoms with E-state index in [1.54, 1.807) is 0 Å². The van der Waals surface area contributed by atoms with Gasteiger partial charge in [-0.15, -0.1) is 0 Å². The second kappa shape index (κ2) is 16.9. The van der Waals surface area contributed by atoms with Crippen LogP contribution in [0.5, 0.6) is 0 Å². The van der Waals surface area contributed by atoms with Crippen molar-refractivity contribution in [1.29, 1.82) is 0 Å². The molecule has 2 amide bonds. The first kappa shape index (κ1) is 33.1. The number of aryl methyl sites for hydroxylation is 2. The molecular weight excluding hydrogens is 502 g/mol. The van der Waals surface area contributed by atoms with Crippen molar-refractivity contribution in [2.75, 3.05) is 19.6 Å². The molecule has 0 saturated heterocycles. The van der Waals surface area contributed by atoms with E-state index in [4.69, 9.17) is 9.47 Å². The highest BCUT2D eigenvalue weighted by atomic mass is 16.6. The Morgan fingerprint density at radius 3 is 1.65 bits per heavy atom. The van der Waals surface area contributed by atoms with E-state index in [1.165, 1.54) is 11.1 Å². The molecule has 0 radical (unpaired) electrons. The molecule has 2 aromatic carbocycles. The summed E-state index contributed by atoms with van der Waals surface area (Å²) in [6.45, 7) is 13.1. The van der Waals surface area contributed by atoms with Crippen molar-refractivity contribution in [3.63, 3.8) is 0 Å². The van der Waals surface area contributed by atoms with Crippen molar-refractivity contribution in [2.24, 2.45) is 5.92 Å². The third-order valence-corrected chi connectivity index (χ3v) is 6.35. The molecule has 0 saturated carbocycles. The first-order valence-corrected chi connectivity index (χ1v) is 14.6. The van der Waals surface area contributed by atoms with Gasteiger partial charge in [-0.2, -0.15) is 0 Å². The van der Waals surface area contributed by atoms with Gasteiger partial charge >= 0.3 is 12.2 Å². The molecule has 0 heterocycles. The molecule has 7 heteroatoms. The quantitative estimate of drug-likeness (QED) is 0.215. The van der Waals surface area contributed by atoms with Crippen LogP contribution in [0, 0.1) is 5.92 Å². The first-order valence-electron chi connectivity index (χ1n) is 14.6. The topological polar surface area (TPSA) is 88.7 Å². The van der Waals surface area contributed by atoms with Crippen LogP contribution in [0.3, 0.4) is 0 Å². The Morgan fingerprint density at radius 2 is 1.15 bits per heavy atom. The standard InChI is InChI=1S/C33H51N3O4/c1-32(2,3)39-30(37)35-24-22-29(36-31(38)40-33(4,5)6)21-23-34-25-28(19-17-26-13-9-7-10-14-26)20-18-27-15-11-8-12-16-27/h7-16,28-29,34H,17-25H2,1-6H3,(H,35,37)(H,36,38)/t29-/m1/s1. The summed E-state index contributed by atoms with van der Waals surface area (Å²) in [5, 5.41) is 9.41. The molecule has 0 spiro atoms. The number of carbonyl (C=O) groups is 2. The summed E-state index contributed by atoms with van der Waals surface area (Å²) in [6.07, 6.45) is 4.74. The maximum absolute atomic E-state index is 12.5. The Kier molecular flexibility index (Phi) is 14.0. The SMILES string of the molecule is CC(C)(C)OC(=O)NCC[C@@H](CCNCC(CCc1ccccc1)CCc1ccccc1)NC(=O)OC(C)(C)C. The summed E-state index contributed by atoms with van der Waals surface area (Å²) < 4.78 is 10.8. The zero-order chi connectivity index (χ0) is 29.4. The van der Waals surface area contributed by atoms with Gasteiger partial charge in [-0.3, -0.25) is 0 Å². The normalized spacial score (nSPS) is 12.6. The number of rotatable bonds is 15. The highest BCUT2D eigenvalue weighted by Gasteiger charge is 2.21. The van der Waals surface area contributed by atoms with Crippen LogP contribution in [0.2, 0.25) is 0 Å². The average molecular weight is 554 g/mol. The summed E-state index contributed by atoms with van der Waals surface area (Å²) in [5.41, 5.74) is 1.60. The van der Waals surface area contributed by atoms with Gasteiger partial charge in [0.25, 0.3) is 0 Å². The number of hydrogen-bond donors (Lipinski definition) is 3. The van der Waals surface area contributed by atoms with E-state index in [0.29, 0.717) is 18.9 Å². The van der Waals surface area contributed by atoms with E-state index in [9.17, 15) is 9.59 Å². The van der Waals surface area contributed by atoms with Gasteiger partial charge in [0, 0.05) is 12.6 Å². The van der Waals surface area contributed by atoms with Crippen LogP contribution in [0.1, 0.15) is 78.4 Å². The van der Waals surface area contributed by atoms with Crippen LogP contribution in [0.15, 0.2) is 60.7 Å². The van der Waals surface area contributed by atoms with Gasteiger partial charge in [0.05, 0.1) is 0 Å². The van der Waals surface area contributed by atoms with Gasteiger partial charge in [-0.25, -0.2) is 9.59 Å². The minimum atomic E-state index is -0.577. The number of carbonyl (C=O) groups excluding carboxylic acids is 2. The minimum Gasteiger partial charge on any atom is -0.444 e. The number of amides is 2. The lowest BCUT2D eigenvalue weighted by molar-refractivity contribution is 0.0497. The molecule has 7 nitrogen and oxygen atoms in total. The highest BCUT2D eigenvalue weighted by molar-refractivity contribution is 5.68. The van der Waals surface area contributed by atoms with Gasteiger partial charge in [-0.05, 0) is 110 Å².